The SMILES string of the molecule is CC(=O)OCC(C)(C)NC(C)(C)C. The summed E-state index contributed by atoms with van der Waals surface area (Å²) in [6.07, 6.45) is 0. The Bertz CT molecular complexity index is 180. The molecule has 0 atom stereocenters. The first-order chi connectivity index (χ1) is 5.62. The van der Waals surface area contributed by atoms with Crippen LogP contribution in [-0.2, 0) is 9.53 Å². The van der Waals surface area contributed by atoms with Crippen molar-refractivity contribution in [2.75, 3.05) is 6.61 Å². The third-order valence-corrected chi connectivity index (χ3v) is 1.35. The molecular formula is C10H21NO2. The molecule has 0 aromatic rings. The van der Waals surface area contributed by atoms with E-state index in [4.69, 9.17) is 4.74 Å². The molecule has 0 fully saturated rings. The van der Waals surface area contributed by atoms with Gasteiger partial charge in [0.15, 0.2) is 0 Å². The average Bonchev–Trinajstić information content (AvgIpc) is 1.78. The van der Waals surface area contributed by atoms with Crippen LogP contribution in [0.5, 0.6) is 0 Å². The molecule has 0 spiro atoms. The number of hydrogen-bond acceptors (Lipinski definition) is 3. The molecule has 0 radical (unpaired) electrons. The van der Waals surface area contributed by atoms with E-state index in [-0.39, 0.29) is 17.0 Å². The highest BCUT2D eigenvalue weighted by Gasteiger charge is 2.24. The van der Waals surface area contributed by atoms with Crippen LogP contribution in [0.15, 0.2) is 0 Å². The highest BCUT2D eigenvalue weighted by molar-refractivity contribution is 5.65. The Balaban J connectivity index is 4.01. The molecule has 0 unspecified atom stereocenters. The highest BCUT2D eigenvalue weighted by Crippen LogP contribution is 2.10. The molecule has 78 valence electrons. The van der Waals surface area contributed by atoms with Gasteiger partial charge in [-0.2, -0.15) is 0 Å². The normalized spacial score (nSPS) is 12.8. The zero-order valence-corrected chi connectivity index (χ0v) is 9.52. The number of carbonyl (C=O) groups is 1. The smallest absolute Gasteiger partial charge is 0.302 e. The molecule has 0 aromatic carbocycles. The van der Waals surface area contributed by atoms with Gasteiger partial charge >= 0.3 is 5.97 Å². The summed E-state index contributed by atoms with van der Waals surface area (Å²) in [7, 11) is 0. The van der Waals surface area contributed by atoms with Crippen molar-refractivity contribution in [1.29, 1.82) is 0 Å². The first-order valence-electron chi connectivity index (χ1n) is 4.55. The monoisotopic (exact) mass is 187 g/mol. The summed E-state index contributed by atoms with van der Waals surface area (Å²) < 4.78 is 4.95. The number of ether oxygens (including phenoxy) is 1. The minimum atomic E-state index is -0.233. The van der Waals surface area contributed by atoms with Crippen LogP contribution in [0.2, 0.25) is 0 Å². The summed E-state index contributed by atoms with van der Waals surface area (Å²) in [5.74, 6) is -0.233. The maximum atomic E-state index is 10.6. The molecule has 3 nitrogen and oxygen atoms in total. The van der Waals surface area contributed by atoms with E-state index in [1.165, 1.54) is 6.92 Å². The van der Waals surface area contributed by atoms with Gasteiger partial charge in [-0.25, -0.2) is 0 Å². The number of carbonyl (C=O) groups excluding carboxylic acids is 1. The van der Waals surface area contributed by atoms with Gasteiger partial charge in [-0.15, -0.1) is 0 Å². The lowest BCUT2D eigenvalue weighted by Crippen LogP contribution is -2.53. The number of rotatable bonds is 3. The Kier molecular flexibility index (Phi) is 3.91. The van der Waals surface area contributed by atoms with Crippen LogP contribution in [0.25, 0.3) is 0 Å². The van der Waals surface area contributed by atoms with Crippen LogP contribution in [0, 0.1) is 0 Å². The summed E-state index contributed by atoms with van der Waals surface area (Å²) in [4.78, 5) is 10.6. The van der Waals surface area contributed by atoms with Gasteiger partial charge in [-0.05, 0) is 34.6 Å². The van der Waals surface area contributed by atoms with Crippen LogP contribution in [-0.4, -0.2) is 23.7 Å². The van der Waals surface area contributed by atoms with Gasteiger partial charge in [0.25, 0.3) is 0 Å². The van der Waals surface area contributed by atoms with Gasteiger partial charge in [0.2, 0.25) is 0 Å². The fourth-order valence-electron chi connectivity index (χ4n) is 1.33. The Hall–Kier alpha value is -0.570. The Morgan fingerprint density at radius 3 is 2.00 bits per heavy atom. The molecule has 13 heavy (non-hydrogen) atoms. The lowest BCUT2D eigenvalue weighted by molar-refractivity contribution is -0.143. The van der Waals surface area contributed by atoms with E-state index >= 15 is 0 Å². The van der Waals surface area contributed by atoms with Crippen LogP contribution in [0.1, 0.15) is 41.5 Å². The molecule has 0 saturated carbocycles. The van der Waals surface area contributed by atoms with E-state index in [9.17, 15) is 4.79 Å². The summed E-state index contributed by atoms with van der Waals surface area (Å²) in [6.45, 7) is 12.1. The molecule has 0 aromatic heterocycles. The second-order valence-corrected chi connectivity index (χ2v) is 5.04. The number of esters is 1. The quantitative estimate of drug-likeness (QED) is 0.684. The van der Waals surface area contributed by atoms with Gasteiger partial charge in [0.1, 0.15) is 6.61 Å². The molecule has 0 amide bonds. The van der Waals surface area contributed by atoms with Gasteiger partial charge in [-0.1, -0.05) is 0 Å². The van der Waals surface area contributed by atoms with Crippen molar-refractivity contribution in [3.63, 3.8) is 0 Å². The maximum Gasteiger partial charge on any atom is 0.302 e. The summed E-state index contributed by atoms with van der Waals surface area (Å²) in [6, 6.07) is 0. The summed E-state index contributed by atoms with van der Waals surface area (Å²) >= 11 is 0. The van der Waals surface area contributed by atoms with Crippen LogP contribution in [0.4, 0.5) is 0 Å². The van der Waals surface area contributed by atoms with Gasteiger partial charge in [0, 0.05) is 18.0 Å². The Morgan fingerprint density at radius 2 is 1.69 bits per heavy atom. The maximum absolute atomic E-state index is 10.6. The molecule has 0 bridgehead atoms. The zero-order valence-electron chi connectivity index (χ0n) is 9.52. The Morgan fingerprint density at radius 1 is 1.23 bits per heavy atom. The van der Waals surface area contributed by atoms with E-state index in [1.807, 2.05) is 13.8 Å². The molecule has 1 N–H and O–H groups in total. The van der Waals surface area contributed by atoms with E-state index in [1.54, 1.807) is 0 Å². The van der Waals surface area contributed by atoms with Crippen molar-refractivity contribution in [3.05, 3.63) is 0 Å². The fourth-order valence-corrected chi connectivity index (χ4v) is 1.33. The highest BCUT2D eigenvalue weighted by atomic mass is 16.5. The van der Waals surface area contributed by atoms with E-state index in [2.05, 4.69) is 26.1 Å². The van der Waals surface area contributed by atoms with Gasteiger partial charge < -0.3 is 10.1 Å². The first-order valence-corrected chi connectivity index (χ1v) is 4.55. The molecule has 0 aliphatic rings. The molecule has 0 heterocycles. The van der Waals surface area contributed by atoms with E-state index in [0.29, 0.717) is 6.61 Å². The predicted molar refractivity (Wildman–Crippen MR) is 53.6 cm³/mol. The third-order valence-electron chi connectivity index (χ3n) is 1.35. The zero-order chi connectivity index (χ0) is 10.7. The third kappa shape index (κ3) is 7.78. The molecule has 0 aliphatic carbocycles. The van der Waals surface area contributed by atoms with Crippen molar-refractivity contribution < 1.29 is 9.53 Å². The largest absolute Gasteiger partial charge is 0.464 e. The topological polar surface area (TPSA) is 38.3 Å². The second kappa shape index (κ2) is 4.09. The molecule has 0 saturated heterocycles. The van der Waals surface area contributed by atoms with E-state index in [0.717, 1.165) is 0 Å². The predicted octanol–water partition coefficient (Wildman–Crippen LogP) is 1.72. The summed E-state index contributed by atoms with van der Waals surface area (Å²) in [5.41, 5.74) is -0.145. The first kappa shape index (κ1) is 12.4. The minimum Gasteiger partial charge on any atom is -0.464 e. The standard InChI is InChI=1S/C10H21NO2/c1-8(12)13-7-10(5,6)11-9(2,3)4/h11H,7H2,1-6H3. The van der Waals surface area contributed by atoms with Crippen molar-refractivity contribution in [2.45, 2.75) is 52.6 Å². The second-order valence-electron chi connectivity index (χ2n) is 5.04. The fraction of sp³-hybridized carbons (Fsp3) is 0.900. The number of hydrogen-bond donors (Lipinski definition) is 1. The summed E-state index contributed by atoms with van der Waals surface area (Å²) in [5, 5.41) is 3.37. The van der Waals surface area contributed by atoms with Gasteiger partial charge in [-0.3, -0.25) is 4.79 Å². The van der Waals surface area contributed by atoms with Crippen molar-refractivity contribution in [3.8, 4) is 0 Å². The van der Waals surface area contributed by atoms with Crippen LogP contribution < -0.4 is 5.32 Å². The molecule has 0 aliphatic heterocycles. The molecule has 3 heteroatoms. The van der Waals surface area contributed by atoms with Crippen LogP contribution in [0.3, 0.4) is 0 Å². The van der Waals surface area contributed by atoms with Crippen molar-refractivity contribution in [2.24, 2.45) is 0 Å². The lowest BCUT2D eigenvalue weighted by atomic mass is 10.00. The minimum absolute atomic E-state index is 0.0314. The van der Waals surface area contributed by atoms with E-state index < -0.39 is 0 Å². The Labute approximate surface area is 80.8 Å². The van der Waals surface area contributed by atoms with Crippen molar-refractivity contribution >= 4 is 5.97 Å². The van der Waals surface area contributed by atoms with Gasteiger partial charge in [0.05, 0.1) is 0 Å². The average molecular weight is 187 g/mol. The molecular weight excluding hydrogens is 166 g/mol. The molecule has 0 rings (SSSR count). The number of nitrogens with one attached hydrogen (secondary N) is 1. The van der Waals surface area contributed by atoms with Crippen molar-refractivity contribution in [1.82, 2.24) is 5.32 Å². The lowest BCUT2D eigenvalue weighted by Gasteiger charge is -2.34. The van der Waals surface area contributed by atoms with Crippen LogP contribution >= 0.6 is 0 Å².